The zero-order chi connectivity index (χ0) is 14.7. The van der Waals surface area contributed by atoms with Crippen molar-refractivity contribution < 1.29 is 4.92 Å². The lowest BCUT2D eigenvalue weighted by molar-refractivity contribution is -0.385. The number of nitrogens with one attached hydrogen (secondary N) is 1. The van der Waals surface area contributed by atoms with E-state index in [1.165, 1.54) is 4.88 Å². The molecule has 0 bridgehead atoms. The average molecular weight is 290 g/mol. The first-order valence-electron chi connectivity index (χ1n) is 6.53. The summed E-state index contributed by atoms with van der Waals surface area (Å²) in [6.07, 6.45) is 0. The number of aryl methyl sites for hydroxylation is 1. The molecule has 2 rings (SSSR count). The predicted octanol–water partition coefficient (Wildman–Crippen LogP) is 4.38. The Balaban J connectivity index is 2.15. The summed E-state index contributed by atoms with van der Waals surface area (Å²) in [4.78, 5) is 11.9. The largest absolute Gasteiger partial charge is 0.303 e. The van der Waals surface area contributed by atoms with Crippen LogP contribution in [-0.4, -0.2) is 4.92 Å². The van der Waals surface area contributed by atoms with Crippen LogP contribution in [0.1, 0.15) is 41.9 Å². The fraction of sp³-hybridized carbons (Fsp3) is 0.333. The Kier molecular flexibility index (Phi) is 4.52. The zero-order valence-corrected chi connectivity index (χ0v) is 12.6. The van der Waals surface area contributed by atoms with Gasteiger partial charge in [0, 0.05) is 28.6 Å². The van der Waals surface area contributed by atoms with Gasteiger partial charge in [-0.05, 0) is 37.8 Å². The van der Waals surface area contributed by atoms with Crippen molar-refractivity contribution in [1.29, 1.82) is 0 Å². The maximum atomic E-state index is 11.0. The van der Waals surface area contributed by atoms with Crippen LogP contribution in [0.25, 0.3) is 0 Å². The van der Waals surface area contributed by atoms with E-state index < -0.39 is 0 Å². The monoisotopic (exact) mass is 290 g/mol. The lowest BCUT2D eigenvalue weighted by atomic mass is 10.0. The van der Waals surface area contributed by atoms with Gasteiger partial charge in [0.25, 0.3) is 5.69 Å². The van der Waals surface area contributed by atoms with Crippen LogP contribution in [-0.2, 0) is 0 Å². The van der Waals surface area contributed by atoms with Gasteiger partial charge in [0.2, 0.25) is 0 Å². The standard InChI is InChI=1S/C15H18N2O2S/c1-10-6-7-13(9-14(10)17(18)19)11(2)16-12(3)15-5-4-8-20-15/h4-9,11-12,16H,1-3H3/t11?,12-/m0/s1. The van der Waals surface area contributed by atoms with Gasteiger partial charge in [0.1, 0.15) is 0 Å². The third-order valence-electron chi connectivity index (χ3n) is 3.40. The molecular formula is C15H18N2O2S. The molecule has 0 fully saturated rings. The summed E-state index contributed by atoms with van der Waals surface area (Å²) in [5.41, 5.74) is 1.81. The molecule has 0 saturated carbocycles. The highest BCUT2D eigenvalue weighted by atomic mass is 32.1. The Morgan fingerprint density at radius 2 is 2.00 bits per heavy atom. The lowest BCUT2D eigenvalue weighted by Gasteiger charge is -2.19. The molecule has 1 heterocycles. The van der Waals surface area contributed by atoms with Crippen LogP contribution >= 0.6 is 11.3 Å². The van der Waals surface area contributed by atoms with E-state index in [1.54, 1.807) is 30.4 Å². The molecule has 0 radical (unpaired) electrons. The molecule has 5 heteroatoms. The molecule has 106 valence electrons. The van der Waals surface area contributed by atoms with Crippen LogP contribution in [0, 0.1) is 17.0 Å². The van der Waals surface area contributed by atoms with Gasteiger partial charge in [-0.25, -0.2) is 0 Å². The molecule has 0 spiro atoms. The van der Waals surface area contributed by atoms with E-state index in [4.69, 9.17) is 0 Å². The summed E-state index contributed by atoms with van der Waals surface area (Å²) in [6, 6.07) is 9.82. The first-order chi connectivity index (χ1) is 9.49. The summed E-state index contributed by atoms with van der Waals surface area (Å²) in [7, 11) is 0. The van der Waals surface area contributed by atoms with Gasteiger partial charge in [-0.2, -0.15) is 0 Å². The van der Waals surface area contributed by atoms with Gasteiger partial charge in [0.15, 0.2) is 0 Å². The van der Waals surface area contributed by atoms with Gasteiger partial charge in [0.05, 0.1) is 4.92 Å². The van der Waals surface area contributed by atoms with Crippen LogP contribution < -0.4 is 5.32 Å². The minimum absolute atomic E-state index is 0.0615. The molecule has 2 atom stereocenters. The number of thiophene rings is 1. The van der Waals surface area contributed by atoms with Crippen LogP contribution in [0.5, 0.6) is 0 Å². The molecular weight excluding hydrogens is 272 g/mol. The second-order valence-electron chi connectivity index (χ2n) is 4.93. The average Bonchev–Trinajstić information content (AvgIpc) is 2.92. The van der Waals surface area contributed by atoms with Crippen molar-refractivity contribution in [1.82, 2.24) is 5.32 Å². The molecule has 0 aliphatic carbocycles. The molecule has 0 aliphatic rings. The number of hydrogen-bond donors (Lipinski definition) is 1. The number of nitro groups is 1. The fourth-order valence-electron chi connectivity index (χ4n) is 2.18. The van der Waals surface area contributed by atoms with E-state index in [9.17, 15) is 10.1 Å². The predicted molar refractivity (Wildman–Crippen MR) is 82.1 cm³/mol. The number of nitro benzene ring substituents is 1. The SMILES string of the molecule is Cc1ccc(C(C)N[C@@H](C)c2cccs2)cc1[N+](=O)[O-]. The van der Waals surface area contributed by atoms with Crippen LogP contribution in [0.2, 0.25) is 0 Å². The van der Waals surface area contributed by atoms with Crippen molar-refractivity contribution in [3.05, 3.63) is 61.8 Å². The lowest BCUT2D eigenvalue weighted by Crippen LogP contribution is -2.21. The third kappa shape index (κ3) is 3.23. The van der Waals surface area contributed by atoms with E-state index in [-0.39, 0.29) is 22.7 Å². The van der Waals surface area contributed by atoms with Crippen molar-refractivity contribution in [3.8, 4) is 0 Å². The first kappa shape index (κ1) is 14.7. The maximum Gasteiger partial charge on any atom is 0.272 e. The molecule has 0 saturated heterocycles. The quantitative estimate of drug-likeness (QED) is 0.657. The molecule has 1 N–H and O–H groups in total. The fourth-order valence-corrected chi connectivity index (χ4v) is 2.93. The summed E-state index contributed by atoms with van der Waals surface area (Å²) < 4.78 is 0. The van der Waals surface area contributed by atoms with Crippen LogP contribution in [0.3, 0.4) is 0 Å². The molecule has 2 aromatic rings. The Labute approximate surface area is 122 Å². The molecule has 0 amide bonds. The smallest absolute Gasteiger partial charge is 0.272 e. The van der Waals surface area contributed by atoms with Crippen molar-refractivity contribution in [2.24, 2.45) is 0 Å². The van der Waals surface area contributed by atoms with E-state index in [2.05, 4.69) is 23.7 Å². The molecule has 1 aromatic heterocycles. The Hall–Kier alpha value is -1.72. The zero-order valence-electron chi connectivity index (χ0n) is 11.8. The summed E-state index contributed by atoms with van der Waals surface area (Å²) in [5, 5.41) is 16.5. The number of benzene rings is 1. The van der Waals surface area contributed by atoms with Crippen molar-refractivity contribution in [3.63, 3.8) is 0 Å². The van der Waals surface area contributed by atoms with Gasteiger partial charge in [-0.3, -0.25) is 10.1 Å². The molecule has 1 unspecified atom stereocenters. The third-order valence-corrected chi connectivity index (χ3v) is 4.45. The normalized spacial score (nSPS) is 13.9. The minimum atomic E-state index is -0.325. The number of rotatable bonds is 5. The van der Waals surface area contributed by atoms with E-state index in [0.717, 1.165) is 5.56 Å². The minimum Gasteiger partial charge on any atom is -0.303 e. The second-order valence-corrected chi connectivity index (χ2v) is 5.91. The number of hydrogen-bond acceptors (Lipinski definition) is 4. The summed E-state index contributed by atoms with van der Waals surface area (Å²) in [6.45, 7) is 5.89. The highest BCUT2D eigenvalue weighted by Crippen LogP contribution is 2.26. The van der Waals surface area contributed by atoms with Crippen LogP contribution in [0.4, 0.5) is 5.69 Å². The van der Waals surface area contributed by atoms with Crippen molar-refractivity contribution in [2.75, 3.05) is 0 Å². The highest BCUT2D eigenvalue weighted by Gasteiger charge is 2.16. The highest BCUT2D eigenvalue weighted by molar-refractivity contribution is 7.10. The maximum absolute atomic E-state index is 11.0. The summed E-state index contributed by atoms with van der Waals surface area (Å²) in [5.74, 6) is 0. The first-order valence-corrected chi connectivity index (χ1v) is 7.41. The van der Waals surface area contributed by atoms with Crippen molar-refractivity contribution >= 4 is 17.0 Å². The van der Waals surface area contributed by atoms with Crippen molar-refractivity contribution in [2.45, 2.75) is 32.9 Å². The summed E-state index contributed by atoms with van der Waals surface area (Å²) >= 11 is 1.71. The van der Waals surface area contributed by atoms with Gasteiger partial charge in [-0.1, -0.05) is 18.2 Å². The Bertz CT molecular complexity index is 596. The Morgan fingerprint density at radius 1 is 1.25 bits per heavy atom. The van der Waals surface area contributed by atoms with E-state index >= 15 is 0 Å². The molecule has 1 aromatic carbocycles. The van der Waals surface area contributed by atoms with Gasteiger partial charge < -0.3 is 5.32 Å². The molecule has 0 aliphatic heterocycles. The Morgan fingerprint density at radius 3 is 2.60 bits per heavy atom. The van der Waals surface area contributed by atoms with E-state index in [1.807, 2.05) is 19.1 Å². The molecule has 20 heavy (non-hydrogen) atoms. The van der Waals surface area contributed by atoms with Crippen LogP contribution in [0.15, 0.2) is 35.7 Å². The molecule has 4 nitrogen and oxygen atoms in total. The second kappa shape index (κ2) is 6.15. The topological polar surface area (TPSA) is 55.2 Å². The number of nitrogens with zero attached hydrogens (tertiary/aromatic N) is 1. The van der Waals surface area contributed by atoms with Gasteiger partial charge in [-0.15, -0.1) is 11.3 Å². The van der Waals surface area contributed by atoms with E-state index in [0.29, 0.717) is 5.56 Å². The van der Waals surface area contributed by atoms with Gasteiger partial charge >= 0.3 is 0 Å².